The van der Waals surface area contributed by atoms with Crippen LogP contribution in [-0.2, 0) is 4.79 Å². The molecule has 1 aliphatic heterocycles. The minimum absolute atomic E-state index is 0.121. The minimum atomic E-state index is -0.355. The van der Waals surface area contributed by atoms with Crippen molar-refractivity contribution in [3.63, 3.8) is 0 Å². The van der Waals surface area contributed by atoms with Crippen LogP contribution < -0.4 is 10.2 Å². The molecular formula is C20H22FN5OS. The molecular weight excluding hydrogens is 377 g/mol. The summed E-state index contributed by atoms with van der Waals surface area (Å²) in [6.45, 7) is 6.84. The van der Waals surface area contributed by atoms with Gasteiger partial charge in [0.15, 0.2) is 0 Å². The number of aryl methyl sites for hydroxylation is 1. The number of nitrogens with zero attached hydrogens (tertiary/aromatic N) is 4. The molecule has 6 nitrogen and oxygen atoms in total. The Morgan fingerprint density at radius 3 is 2.79 bits per heavy atom. The van der Waals surface area contributed by atoms with E-state index < -0.39 is 0 Å². The van der Waals surface area contributed by atoms with Crippen molar-refractivity contribution < 1.29 is 9.18 Å². The summed E-state index contributed by atoms with van der Waals surface area (Å²) >= 11 is 1.61. The summed E-state index contributed by atoms with van der Waals surface area (Å²) in [7, 11) is 0. The van der Waals surface area contributed by atoms with E-state index in [4.69, 9.17) is 0 Å². The van der Waals surface area contributed by atoms with Crippen molar-refractivity contribution in [2.24, 2.45) is 0 Å². The number of benzene rings is 1. The number of rotatable bonds is 4. The number of carbonyl (C=O) groups excluding carboxylic acids is 1. The normalized spacial score (nSPS) is 16.3. The van der Waals surface area contributed by atoms with E-state index in [1.165, 1.54) is 12.1 Å². The number of thiophene rings is 1. The van der Waals surface area contributed by atoms with Gasteiger partial charge in [-0.3, -0.25) is 9.69 Å². The zero-order valence-electron chi connectivity index (χ0n) is 15.9. The SMILES string of the molecule is Cc1ccc(F)cc1NC(=O)[C@@H](C)N1CCN(c2ncnc3sccc23)CC1. The van der Waals surface area contributed by atoms with Crippen molar-refractivity contribution in [1.82, 2.24) is 14.9 Å². The molecule has 0 unspecified atom stereocenters. The Kier molecular flexibility index (Phi) is 5.23. The van der Waals surface area contributed by atoms with E-state index >= 15 is 0 Å². The van der Waals surface area contributed by atoms with Crippen LogP contribution in [0.15, 0.2) is 36.0 Å². The molecule has 0 aliphatic carbocycles. The monoisotopic (exact) mass is 399 g/mol. The highest BCUT2D eigenvalue weighted by atomic mass is 32.1. The van der Waals surface area contributed by atoms with E-state index in [1.54, 1.807) is 23.7 Å². The predicted octanol–water partition coefficient (Wildman–Crippen LogP) is 3.29. The summed E-state index contributed by atoms with van der Waals surface area (Å²) in [4.78, 5) is 26.8. The van der Waals surface area contributed by atoms with E-state index in [0.29, 0.717) is 5.69 Å². The molecule has 3 aromatic rings. The number of amides is 1. The molecule has 146 valence electrons. The van der Waals surface area contributed by atoms with Gasteiger partial charge in [0.1, 0.15) is 22.8 Å². The van der Waals surface area contributed by atoms with E-state index in [0.717, 1.165) is 47.8 Å². The third-order valence-corrected chi connectivity index (χ3v) is 6.06. The van der Waals surface area contributed by atoms with Crippen molar-refractivity contribution in [2.45, 2.75) is 19.9 Å². The standard InChI is InChI=1S/C20H22FN5OS/c1-13-3-4-15(21)11-17(13)24-19(27)14(2)25-6-8-26(9-7-25)18-16-5-10-28-20(16)23-12-22-18/h3-5,10-12,14H,6-9H2,1-2H3,(H,24,27)/t14-/m1/s1. The molecule has 1 fully saturated rings. The average molecular weight is 399 g/mol. The summed E-state index contributed by atoms with van der Waals surface area (Å²) < 4.78 is 13.5. The quantitative estimate of drug-likeness (QED) is 0.730. The summed E-state index contributed by atoms with van der Waals surface area (Å²) in [6.07, 6.45) is 1.61. The van der Waals surface area contributed by atoms with Crippen molar-refractivity contribution >= 4 is 39.0 Å². The first-order chi connectivity index (χ1) is 13.5. The van der Waals surface area contributed by atoms with E-state index in [9.17, 15) is 9.18 Å². The lowest BCUT2D eigenvalue weighted by molar-refractivity contribution is -0.120. The lowest BCUT2D eigenvalue weighted by Crippen LogP contribution is -2.53. The second-order valence-corrected chi connectivity index (χ2v) is 7.88. The van der Waals surface area contributed by atoms with Crippen LogP contribution in [0.25, 0.3) is 10.2 Å². The molecule has 8 heteroatoms. The Hall–Kier alpha value is -2.58. The lowest BCUT2D eigenvalue weighted by Gasteiger charge is -2.38. The second kappa shape index (κ2) is 7.81. The third kappa shape index (κ3) is 3.70. The first-order valence-electron chi connectivity index (χ1n) is 9.27. The molecule has 1 aromatic carbocycles. The minimum Gasteiger partial charge on any atom is -0.353 e. The number of anilines is 2. The van der Waals surface area contributed by atoms with Crippen LogP contribution in [0.3, 0.4) is 0 Å². The van der Waals surface area contributed by atoms with Gasteiger partial charge in [0.25, 0.3) is 0 Å². The smallest absolute Gasteiger partial charge is 0.241 e. The second-order valence-electron chi connectivity index (χ2n) is 6.98. The first-order valence-corrected chi connectivity index (χ1v) is 10.1. The molecule has 0 spiro atoms. The highest BCUT2D eigenvalue weighted by Gasteiger charge is 2.27. The van der Waals surface area contributed by atoms with Gasteiger partial charge in [0.05, 0.1) is 11.4 Å². The molecule has 1 aliphatic rings. The fourth-order valence-corrected chi connectivity index (χ4v) is 4.21. The molecule has 28 heavy (non-hydrogen) atoms. The molecule has 1 amide bonds. The third-order valence-electron chi connectivity index (χ3n) is 5.24. The molecule has 2 aromatic heterocycles. The predicted molar refractivity (Wildman–Crippen MR) is 110 cm³/mol. The number of aromatic nitrogens is 2. The zero-order valence-corrected chi connectivity index (χ0v) is 16.7. The van der Waals surface area contributed by atoms with Gasteiger partial charge < -0.3 is 10.2 Å². The maximum absolute atomic E-state index is 13.5. The molecule has 0 saturated carbocycles. The topological polar surface area (TPSA) is 61.4 Å². The Balaban J connectivity index is 1.39. The Morgan fingerprint density at radius 1 is 1.21 bits per heavy atom. The highest BCUT2D eigenvalue weighted by Crippen LogP contribution is 2.27. The van der Waals surface area contributed by atoms with Crippen LogP contribution in [0.2, 0.25) is 0 Å². The van der Waals surface area contributed by atoms with Crippen LogP contribution in [0.5, 0.6) is 0 Å². The van der Waals surface area contributed by atoms with Crippen molar-refractivity contribution in [3.8, 4) is 0 Å². The number of hydrogen-bond acceptors (Lipinski definition) is 6. The van der Waals surface area contributed by atoms with E-state index in [-0.39, 0.29) is 17.8 Å². The van der Waals surface area contributed by atoms with Crippen LogP contribution >= 0.6 is 11.3 Å². The van der Waals surface area contributed by atoms with Gasteiger partial charge in [-0.1, -0.05) is 6.07 Å². The van der Waals surface area contributed by atoms with E-state index in [2.05, 4.69) is 31.2 Å². The highest BCUT2D eigenvalue weighted by molar-refractivity contribution is 7.16. The van der Waals surface area contributed by atoms with Gasteiger partial charge in [-0.25, -0.2) is 14.4 Å². The lowest BCUT2D eigenvalue weighted by atomic mass is 10.1. The Morgan fingerprint density at radius 2 is 2.00 bits per heavy atom. The molecule has 1 atom stereocenters. The molecule has 0 bridgehead atoms. The van der Waals surface area contributed by atoms with Crippen molar-refractivity contribution in [2.75, 3.05) is 36.4 Å². The summed E-state index contributed by atoms with van der Waals surface area (Å²) in [5.74, 6) is 0.481. The van der Waals surface area contributed by atoms with Gasteiger partial charge >= 0.3 is 0 Å². The molecule has 3 heterocycles. The van der Waals surface area contributed by atoms with E-state index in [1.807, 2.05) is 19.2 Å². The first kappa shape index (κ1) is 18.8. The number of halogens is 1. The zero-order chi connectivity index (χ0) is 19.7. The van der Waals surface area contributed by atoms with Crippen LogP contribution in [0.1, 0.15) is 12.5 Å². The Labute approximate surface area is 167 Å². The van der Waals surface area contributed by atoms with Gasteiger partial charge in [0, 0.05) is 31.9 Å². The molecule has 1 N–H and O–H groups in total. The van der Waals surface area contributed by atoms with Gasteiger partial charge in [-0.15, -0.1) is 11.3 Å². The number of fused-ring (bicyclic) bond motifs is 1. The number of nitrogens with one attached hydrogen (secondary N) is 1. The van der Waals surface area contributed by atoms with Crippen molar-refractivity contribution in [3.05, 3.63) is 47.4 Å². The van der Waals surface area contributed by atoms with Gasteiger partial charge in [-0.2, -0.15) is 0 Å². The van der Waals surface area contributed by atoms with Crippen molar-refractivity contribution in [1.29, 1.82) is 0 Å². The maximum atomic E-state index is 13.5. The largest absolute Gasteiger partial charge is 0.353 e. The fourth-order valence-electron chi connectivity index (χ4n) is 3.48. The fraction of sp³-hybridized carbons (Fsp3) is 0.350. The molecule has 0 radical (unpaired) electrons. The summed E-state index contributed by atoms with van der Waals surface area (Å²) in [6, 6.07) is 6.18. The van der Waals surface area contributed by atoms with Gasteiger partial charge in [0.2, 0.25) is 5.91 Å². The van der Waals surface area contributed by atoms with Crippen LogP contribution in [0, 0.1) is 12.7 Å². The maximum Gasteiger partial charge on any atom is 0.241 e. The Bertz CT molecular complexity index is 999. The molecule has 1 saturated heterocycles. The summed E-state index contributed by atoms with van der Waals surface area (Å²) in [5, 5.41) is 5.96. The number of piperazine rings is 1. The van der Waals surface area contributed by atoms with Gasteiger partial charge in [-0.05, 0) is 43.0 Å². The van der Waals surface area contributed by atoms with Crippen LogP contribution in [0.4, 0.5) is 15.9 Å². The average Bonchev–Trinajstić information content (AvgIpc) is 3.19. The number of carbonyl (C=O) groups is 1. The molecule has 4 rings (SSSR count). The van der Waals surface area contributed by atoms with Crippen LogP contribution in [-0.4, -0.2) is 53.0 Å². The summed E-state index contributed by atoms with van der Waals surface area (Å²) in [5.41, 5.74) is 1.37. The number of hydrogen-bond donors (Lipinski definition) is 1.